The van der Waals surface area contributed by atoms with Crippen molar-refractivity contribution >= 4 is 0 Å². The molecule has 1 atom stereocenters. The van der Waals surface area contributed by atoms with Crippen molar-refractivity contribution in [2.45, 2.75) is 26.9 Å². The summed E-state index contributed by atoms with van der Waals surface area (Å²) in [4.78, 5) is 4.14. The van der Waals surface area contributed by atoms with Crippen LogP contribution in [0.1, 0.15) is 20.8 Å². The summed E-state index contributed by atoms with van der Waals surface area (Å²) in [6.45, 7) is 7.97. The number of nitrogens with zero attached hydrogens (tertiary/aromatic N) is 1. The minimum atomic E-state index is 0. The van der Waals surface area contributed by atoms with Gasteiger partial charge in [0.2, 0.25) is 5.88 Å². The van der Waals surface area contributed by atoms with Crippen LogP contribution < -0.4 is 10.1 Å². The first-order valence-electron chi connectivity index (χ1n) is 5.02. The summed E-state index contributed by atoms with van der Waals surface area (Å²) in [5.74, 6) is 0.704. The van der Waals surface area contributed by atoms with Crippen LogP contribution in [0.25, 0.3) is 0 Å². The molecule has 0 aliphatic rings. The van der Waals surface area contributed by atoms with Crippen LogP contribution in [0.3, 0.4) is 0 Å². The molecule has 1 aromatic rings. The van der Waals surface area contributed by atoms with Crippen LogP contribution in [-0.4, -0.2) is 24.2 Å². The third kappa shape index (κ3) is 3.75. The molecule has 3 heteroatoms. The van der Waals surface area contributed by atoms with E-state index in [0.29, 0.717) is 5.88 Å². The Hall–Kier alpha value is -1.09. The van der Waals surface area contributed by atoms with Crippen molar-refractivity contribution in [3.05, 3.63) is 23.9 Å². The predicted molar refractivity (Wildman–Crippen MR) is 59.7 cm³/mol. The van der Waals surface area contributed by atoms with Gasteiger partial charge in [-0.15, -0.1) is 0 Å². The second kappa shape index (κ2) is 5.60. The smallest absolute Gasteiger partial charge is 0.213 e. The molecule has 0 aliphatic heterocycles. The SMILES string of the molecule is CCNC[C@H](C)Oc1cc(C)ccn1.[HH]. The van der Waals surface area contributed by atoms with Gasteiger partial charge < -0.3 is 10.1 Å². The van der Waals surface area contributed by atoms with Crippen molar-refractivity contribution in [1.82, 2.24) is 10.3 Å². The molecule has 0 aliphatic carbocycles. The number of nitrogens with one attached hydrogen (secondary N) is 1. The molecule has 1 heterocycles. The van der Waals surface area contributed by atoms with E-state index < -0.39 is 0 Å². The van der Waals surface area contributed by atoms with Crippen molar-refractivity contribution in [3.8, 4) is 5.88 Å². The van der Waals surface area contributed by atoms with E-state index >= 15 is 0 Å². The van der Waals surface area contributed by atoms with Crippen LogP contribution in [0, 0.1) is 6.92 Å². The fourth-order valence-electron chi connectivity index (χ4n) is 1.17. The largest absolute Gasteiger partial charge is 0.473 e. The first-order valence-corrected chi connectivity index (χ1v) is 5.02. The number of rotatable bonds is 5. The Labute approximate surface area is 87.0 Å². The maximum absolute atomic E-state index is 5.62. The fourth-order valence-corrected chi connectivity index (χ4v) is 1.17. The zero-order valence-electron chi connectivity index (χ0n) is 9.08. The molecule has 1 N–H and O–H groups in total. The molecule has 0 aromatic carbocycles. The lowest BCUT2D eigenvalue weighted by Crippen LogP contribution is -2.28. The zero-order chi connectivity index (χ0) is 10.4. The highest BCUT2D eigenvalue weighted by Gasteiger charge is 2.03. The highest BCUT2D eigenvalue weighted by molar-refractivity contribution is 5.18. The fraction of sp³-hybridized carbons (Fsp3) is 0.545. The standard InChI is InChI=1S/C11H18N2O.H2/c1-4-12-8-10(3)14-11-7-9(2)5-6-13-11;/h5-7,10,12H,4,8H2,1-3H3;1H/t10-;/m0./s1. The monoisotopic (exact) mass is 196 g/mol. The van der Waals surface area contributed by atoms with Crippen molar-refractivity contribution in [1.29, 1.82) is 0 Å². The second-order valence-electron chi connectivity index (χ2n) is 3.41. The molecule has 0 unspecified atom stereocenters. The van der Waals surface area contributed by atoms with Gasteiger partial charge in [0.25, 0.3) is 0 Å². The van der Waals surface area contributed by atoms with Crippen LogP contribution in [0.4, 0.5) is 0 Å². The predicted octanol–water partition coefficient (Wildman–Crippen LogP) is 2.01. The minimum absolute atomic E-state index is 0. The van der Waals surface area contributed by atoms with E-state index in [1.165, 1.54) is 5.56 Å². The highest BCUT2D eigenvalue weighted by atomic mass is 16.5. The van der Waals surface area contributed by atoms with E-state index in [-0.39, 0.29) is 7.53 Å². The van der Waals surface area contributed by atoms with Gasteiger partial charge in [0.15, 0.2) is 0 Å². The van der Waals surface area contributed by atoms with Crippen LogP contribution in [0.2, 0.25) is 0 Å². The quantitative estimate of drug-likeness (QED) is 0.782. The number of aryl methyl sites for hydroxylation is 1. The molecule has 0 amide bonds. The summed E-state index contributed by atoms with van der Waals surface area (Å²) in [5, 5.41) is 3.23. The van der Waals surface area contributed by atoms with Gasteiger partial charge in [0, 0.05) is 20.2 Å². The van der Waals surface area contributed by atoms with E-state index in [4.69, 9.17) is 4.74 Å². The molecule has 0 saturated heterocycles. The number of aromatic nitrogens is 1. The normalized spacial score (nSPS) is 12.5. The van der Waals surface area contributed by atoms with E-state index in [1.54, 1.807) is 6.20 Å². The average molecular weight is 196 g/mol. The first-order chi connectivity index (χ1) is 6.72. The van der Waals surface area contributed by atoms with E-state index in [1.807, 2.05) is 26.0 Å². The molecule has 0 radical (unpaired) electrons. The van der Waals surface area contributed by atoms with Crippen LogP contribution in [0.15, 0.2) is 18.3 Å². The molecule has 14 heavy (non-hydrogen) atoms. The molecule has 1 aromatic heterocycles. The summed E-state index contributed by atoms with van der Waals surface area (Å²) in [6, 6.07) is 3.91. The molecule has 0 bridgehead atoms. The van der Waals surface area contributed by atoms with Gasteiger partial charge in [0.05, 0.1) is 0 Å². The maximum Gasteiger partial charge on any atom is 0.213 e. The van der Waals surface area contributed by atoms with Gasteiger partial charge in [-0.2, -0.15) is 0 Å². The van der Waals surface area contributed by atoms with Gasteiger partial charge in [-0.1, -0.05) is 6.92 Å². The Balaban J connectivity index is 0.00000196. The number of likely N-dealkylation sites (N-methyl/N-ethyl adjacent to an activating group) is 1. The summed E-state index contributed by atoms with van der Waals surface area (Å²) >= 11 is 0. The zero-order valence-corrected chi connectivity index (χ0v) is 9.08. The van der Waals surface area contributed by atoms with Gasteiger partial charge >= 0.3 is 0 Å². The Morgan fingerprint density at radius 2 is 2.43 bits per heavy atom. The molecular weight excluding hydrogens is 176 g/mol. The van der Waals surface area contributed by atoms with Crippen LogP contribution in [-0.2, 0) is 0 Å². The van der Waals surface area contributed by atoms with Crippen molar-refractivity contribution in [3.63, 3.8) is 0 Å². The lowest BCUT2D eigenvalue weighted by atomic mass is 10.3. The van der Waals surface area contributed by atoms with Gasteiger partial charge in [-0.05, 0) is 32.0 Å². The summed E-state index contributed by atoms with van der Waals surface area (Å²) in [7, 11) is 0. The first kappa shape index (κ1) is 11.0. The Kier molecular flexibility index (Phi) is 4.40. The maximum atomic E-state index is 5.62. The molecule has 0 spiro atoms. The lowest BCUT2D eigenvalue weighted by molar-refractivity contribution is 0.209. The van der Waals surface area contributed by atoms with E-state index in [0.717, 1.165) is 13.1 Å². The molecular formula is C11H20N2O. The molecule has 0 saturated carbocycles. The summed E-state index contributed by atoms with van der Waals surface area (Å²) in [6.07, 6.45) is 1.93. The third-order valence-corrected chi connectivity index (χ3v) is 1.89. The number of pyridine rings is 1. The minimum Gasteiger partial charge on any atom is -0.473 e. The van der Waals surface area contributed by atoms with Crippen LogP contribution in [0.5, 0.6) is 5.88 Å². The lowest BCUT2D eigenvalue weighted by Gasteiger charge is -2.13. The Morgan fingerprint density at radius 1 is 1.64 bits per heavy atom. The third-order valence-electron chi connectivity index (χ3n) is 1.89. The van der Waals surface area contributed by atoms with Crippen molar-refractivity contribution < 1.29 is 6.16 Å². The average Bonchev–Trinajstić information content (AvgIpc) is 2.15. The van der Waals surface area contributed by atoms with Gasteiger partial charge in [-0.3, -0.25) is 0 Å². The van der Waals surface area contributed by atoms with Crippen molar-refractivity contribution in [2.75, 3.05) is 13.1 Å². The highest BCUT2D eigenvalue weighted by Crippen LogP contribution is 2.09. The number of ether oxygens (including phenoxy) is 1. The molecule has 80 valence electrons. The topological polar surface area (TPSA) is 34.1 Å². The Bertz CT molecular complexity index is 281. The van der Waals surface area contributed by atoms with E-state index in [9.17, 15) is 0 Å². The number of hydrogen-bond donors (Lipinski definition) is 1. The molecule has 0 fully saturated rings. The van der Waals surface area contributed by atoms with Crippen molar-refractivity contribution in [2.24, 2.45) is 0 Å². The van der Waals surface area contributed by atoms with Gasteiger partial charge in [-0.25, -0.2) is 4.98 Å². The molecule has 3 nitrogen and oxygen atoms in total. The number of hydrogen-bond acceptors (Lipinski definition) is 3. The Morgan fingerprint density at radius 3 is 3.07 bits per heavy atom. The molecule has 1 rings (SSSR count). The van der Waals surface area contributed by atoms with Gasteiger partial charge in [0.1, 0.15) is 6.10 Å². The van der Waals surface area contributed by atoms with E-state index in [2.05, 4.69) is 17.2 Å². The second-order valence-corrected chi connectivity index (χ2v) is 3.41. The summed E-state index contributed by atoms with van der Waals surface area (Å²) in [5.41, 5.74) is 1.17. The summed E-state index contributed by atoms with van der Waals surface area (Å²) < 4.78 is 5.62. The van der Waals surface area contributed by atoms with Crippen LogP contribution >= 0.6 is 0 Å².